The molecule has 0 unspecified atom stereocenters. The minimum Gasteiger partial charge on any atom is -0.378 e. The second-order valence-corrected chi connectivity index (χ2v) is 4.65. The second kappa shape index (κ2) is 4.18. The Morgan fingerprint density at radius 3 is 2.93 bits per heavy atom. The largest absolute Gasteiger partial charge is 0.378 e. The predicted octanol–water partition coefficient (Wildman–Crippen LogP) is 1.63. The van der Waals surface area contributed by atoms with Crippen molar-refractivity contribution in [3.8, 4) is 0 Å². The Kier molecular flexibility index (Phi) is 2.90. The first-order chi connectivity index (χ1) is 7.22. The Morgan fingerprint density at radius 2 is 2.33 bits per heavy atom. The summed E-state index contributed by atoms with van der Waals surface area (Å²) in [5, 5.41) is 6.79. The molecule has 0 radical (unpaired) electrons. The van der Waals surface area contributed by atoms with Gasteiger partial charge in [-0.1, -0.05) is 0 Å². The maximum Gasteiger partial charge on any atom is 0.256 e. The van der Waals surface area contributed by atoms with Crippen molar-refractivity contribution in [3.05, 3.63) is 11.3 Å². The van der Waals surface area contributed by atoms with Gasteiger partial charge in [-0.3, -0.25) is 4.79 Å². The summed E-state index contributed by atoms with van der Waals surface area (Å²) in [6.07, 6.45) is 2.50. The van der Waals surface area contributed by atoms with Crippen LogP contribution in [-0.2, 0) is 0 Å². The molecule has 0 spiro atoms. The zero-order valence-corrected chi connectivity index (χ0v) is 9.78. The number of carbonyl (C=O) groups excluding carboxylic acids is 1. The first-order valence-corrected chi connectivity index (χ1v) is 5.92. The minimum absolute atomic E-state index is 0.00231. The van der Waals surface area contributed by atoms with Gasteiger partial charge in [0.05, 0.1) is 11.3 Å². The molecule has 5 heteroatoms. The van der Waals surface area contributed by atoms with Crippen LogP contribution in [0.25, 0.3) is 0 Å². The van der Waals surface area contributed by atoms with Crippen LogP contribution >= 0.6 is 11.5 Å². The average molecular weight is 225 g/mol. The lowest BCUT2D eigenvalue weighted by molar-refractivity contribution is 0.0952. The van der Waals surface area contributed by atoms with Gasteiger partial charge in [-0.05, 0) is 37.2 Å². The van der Waals surface area contributed by atoms with Gasteiger partial charge in [0.15, 0.2) is 0 Å². The minimum atomic E-state index is -0.00231. The number of aryl methyl sites for hydroxylation is 1. The Hall–Kier alpha value is -1.10. The van der Waals surface area contributed by atoms with Crippen LogP contribution in [0.3, 0.4) is 0 Å². The molecule has 0 aliphatic heterocycles. The highest BCUT2D eigenvalue weighted by molar-refractivity contribution is 7.10. The van der Waals surface area contributed by atoms with Crippen molar-refractivity contribution >= 4 is 22.4 Å². The quantitative estimate of drug-likeness (QED) is 0.819. The van der Waals surface area contributed by atoms with Crippen molar-refractivity contribution in [2.75, 3.05) is 18.9 Å². The van der Waals surface area contributed by atoms with Crippen LogP contribution in [0.15, 0.2) is 0 Å². The summed E-state index contributed by atoms with van der Waals surface area (Å²) in [6.45, 7) is 2.67. The van der Waals surface area contributed by atoms with Crippen molar-refractivity contribution in [2.45, 2.75) is 19.8 Å². The molecule has 1 aromatic heterocycles. The molecule has 1 amide bonds. The van der Waals surface area contributed by atoms with Gasteiger partial charge in [0, 0.05) is 13.6 Å². The van der Waals surface area contributed by atoms with E-state index in [0.717, 1.165) is 17.2 Å². The predicted molar refractivity (Wildman–Crippen MR) is 61.5 cm³/mol. The molecular formula is C10H15N3OS. The first kappa shape index (κ1) is 10.4. The molecular weight excluding hydrogens is 210 g/mol. The molecule has 0 bridgehead atoms. The van der Waals surface area contributed by atoms with Crippen LogP contribution in [0.2, 0.25) is 0 Å². The van der Waals surface area contributed by atoms with E-state index in [1.165, 1.54) is 24.4 Å². The van der Waals surface area contributed by atoms with Gasteiger partial charge in [0.25, 0.3) is 5.91 Å². The number of amides is 1. The second-order valence-electron chi connectivity index (χ2n) is 3.88. The van der Waals surface area contributed by atoms with Crippen LogP contribution in [0.1, 0.15) is 28.9 Å². The summed E-state index contributed by atoms with van der Waals surface area (Å²) in [5.41, 5.74) is 1.50. The van der Waals surface area contributed by atoms with E-state index in [4.69, 9.17) is 0 Å². The molecule has 15 heavy (non-hydrogen) atoms. The molecule has 1 fully saturated rings. The van der Waals surface area contributed by atoms with Gasteiger partial charge in [-0.2, -0.15) is 4.37 Å². The van der Waals surface area contributed by atoms with E-state index in [0.29, 0.717) is 11.5 Å². The fourth-order valence-corrected chi connectivity index (χ4v) is 2.20. The lowest BCUT2D eigenvalue weighted by Crippen LogP contribution is -2.26. The van der Waals surface area contributed by atoms with Gasteiger partial charge < -0.3 is 10.6 Å². The van der Waals surface area contributed by atoms with Gasteiger partial charge >= 0.3 is 0 Å². The lowest BCUT2D eigenvalue weighted by Gasteiger charge is -2.05. The lowest BCUT2D eigenvalue weighted by atomic mass is 10.2. The Bertz CT molecular complexity index is 371. The van der Waals surface area contributed by atoms with Gasteiger partial charge in [-0.15, -0.1) is 0 Å². The number of carbonyl (C=O) groups is 1. The van der Waals surface area contributed by atoms with Crippen molar-refractivity contribution in [2.24, 2.45) is 5.92 Å². The maximum atomic E-state index is 11.9. The van der Waals surface area contributed by atoms with Gasteiger partial charge in [-0.25, -0.2) is 0 Å². The Balaban J connectivity index is 2.05. The van der Waals surface area contributed by atoms with Crippen LogP contribution in [0, 0.1) is 12.8 Å². The summed E-state index contributed by atoms with van der Waals surface area (Å²) in [6, 6.07) is 0. The summed E-state index contributed by atoms with van der Waals surface area (Å²) in [4.78, 5) is 11.9. The number of hydrogen-bond donors (Lipinski definition) is 2. The van der Waals surface area contributed by atoms with Crippen molar-refractivity contribution in [1.82, 2.24) is 9.69 Å². The standard InChI is InChI=1S/C10H15N3OS/c1-6-8(10(11-2)15-13-6)9(14)12-5-7-3-4-7/h7,11H,3-5H2,1-2H3,(H,12,14). The zero-order valence-electron chi connectivity index (χ0n) is 8.96. The summed E-state index contributed by atoms with van der Waals surface area (Å²) < 4.78 is 4.17. The number of nitrogens with zero attached hydrogens (tertiary/aromatic N) is 1. The third-order valence-electron chi connectivity index (χ3n) is 2.57. The van der Waals surface area contributed by atoms with E-state index in [-0.39, 0.29) is 5.91 Å². The van der Waals surface area contributed by atoms with Gasteiger partial charge in [0.2, 0.25) is 0 Å². The molecule has 0 atom stereocenters. The van der Waals surface area contributed by atoms with Gasteiger partial charge in [0.1, 0.15) is 5.00 Å². The van der Waals surface area contributed by atoms with Crippen molar-refractivity contribution < 1.29 is 4.79 Å². The smallest absolute Gasteiger partial charge is 0.256 e. The number of rotatable bonds is 4. The SMILES string of the molecule is CNc1snc(C)c1C(=O)NCC1CC1. The highest BCUT2D eigenvalue weighted by Gasteiger charge is 2.23. The fourth-order valence-electron chi connectivity index (χ4n) is 1.46. The highest BCUT2D eigenvalue weighted by Crippen LogP contribution is 2.28. The molecule has 2 rings (SSSR count). The van der Waals surface area contributed by atoms with E-state index in [9.17, 15) is 4.79 Å². The number of hydrogen-bond acceptors (Lipinski definition) is 4. The molecule has 1 heterocycles. The van der Waals surface area contributed by atoms with E-state index < -0.39 is 0 Å². The third kappa shape index (κ3) is 2.28. The van der Waals surface area contributed by atoms with Crippen LogP contribution in [0.4, 0.5) is 5.00 Å². The summed E-state index contributed by atoms with van der Waals surface area (Å²) in [7, 11) is 1.81. The third-order valence-corrected chi connectivity index (χ3v) is 3.52. The molecule has 1 aliphatic rings. The highest BCUT2D eigenvalue weighted by atomic mass is 32.1. The van der Waals surface area contributed by atoms with E-state index in [1.807, 2.05) is 14.0 Å². The fraction of sp³-hybridized carbons (Fsp3) is 0.600. The molecule has 0 saturated heterocycles. The molecule has 1 aromatic rings. The number of anilines is 1. The molecule has 0 aromatic carbocycles. The molecule has 2 N–H and O–H groups in total. The number of aromatic nitrogens is 1. The van der Waals surface area contributed by atoms with Crippen molar-refractivity contribution in [3.63, 3.8) is 0 Å². The van der Waals surface area contributed by atoms with Crippen LogP contribution < -0.4 is 10.6 Å². The van der Waals surface area contributed by atoms with E-state index in [1.54, 1.807) is 0 Å². The van der Waals surface area contributed by atoms with E-state index in [2.05, 4.69) is 15.0 Å². The zero-order chi connectivity index (χ0) is 10.8. The van der Waals surface area contributed by atoms with E-state index >= 15 is 0 Å². The first-order valence-electron chi connectivity index (χ1n) is 5.14. The van der Waals surface area contributed by atoms with Crippen molar-refractivity contribution in [1.29, 1.82) is 0 Å². The monoisotopic (exact) mass is 225 g/mol. The topological polar surface area (TPSA) is 54.0 Å². The number of nitrogens with one attached hydrogen (secondary N) is 2. The molecule has 4 nitrogen and oxygen atoms in total. The Morgan fingerprint density at radius 1 is 1.60 bits per heavy atom. The van der Waals surface area contributed by atoms with Crippen LogP contribution in [-0.4, -0.2) is 23.9 Å². The Labute approximate surface area is 93.2 Å². The summed E-state index contributed by atoms with van der Waals surface area (Å²) >= 11 is 1.33. The molecule has 1 aliphatic carbocycles. The normalized spacial score (nSPS) is 15.1. The molecule has 1 saturated carbocycles. The maximum absolute atomic E-state index is 11.9. The summed E-state index contributed by atoms with van der Waals surface area (Å²) in [5.74, 6) is 0.705. The van der Waals surface area contributed by atoms with Crippen LogP contribution in [0.5, 0.6) is 0 Å². The average Bonchev–Trinajstić information content (AvgIpc) is 2.98. The molecule has 82 valence electrons.